The minimum atomic E-state index is -0.803. The van der Waals surface area contributed by atoms with E-state index in [1.165, 1.54) is 15.9 Å². The fraction of sp³-hybridized carbons (Fsp3) is 0.235. The minimum absolute atomic E-state index is 0.178. The van der Waals surface area contributed by atoms with Crippen molar-refractivity contribution in [3.05, 3.63) is 122 Å². The van der Waals surface area contributed by atoms with Gasteiger partial charge in [-0.1, -0.05) is 53.3 Å². The van der Waals surface area contributed by atoms with Crippen LogP contribution in [0.1, 0.15) is 53.9 Å². The number of hydrogen-bond acceptors (Lipinski definition) is 9. The molecule has 2 heterocycles. The maximum atomic E-state index is 14.0. The van der Waals surface area contributed by atoms with E-state index < -0.39 is 12.0 Å². The minimum Gasteiger partial charge on any atom is -0.493 e. The summed E-state index contributed by atoms with van der Waals surface area (Å²) in [7, 11) is 1.55. The van der Waals surface area contributed by atoms with E-state index in [1.807, 2.05) is 24.3 Å². The predicted octanol–water partition coefficient (Wildman–Crippen LogP) is 5.82. The second-order valence-electron chi connectivity index (χ2n) is 10.1. The molecule has 0 N–H and O–H groups in total. The van der Waals surface area contributed by atoms with Crippen LogP contribution in [-0.4, -0.2) is 36.8 Å². The largest absolute Gasteiger partial charge is 0.493 e. The Labute approximate surface area is 287 Å². The van der Waals surface area contributed by atoms with Gasteiger partial charge in [-0.3, -0.25) is 9.36 Å². The van der Waals surface area contributed by atoms with Gasteiger partial charge in [-0.2, -0.15) is 0 Å². The van der Waals surface area contributed by atoms with Crippen LogP contribution in [0.15, 0.2) is 81.7 Å². The molecule has 1 aromatic heterocycles. The van der Waals surface area contributed by atoms with E-state index in [1.54, 1.807) is 70.4 Å². The number of benzene rings is 3. The molecule has 5 rings (SSSR count). The summed E-state index contributed by atoms with van der Waals surface area (Å²) in [5.74, 6) is 0.115. The van der Waals surface area contributed by atoms with Gasteiger partial charge in [0, 0.05) is 5.02 Å². The van der Waals surface area contributed by atoms with Crippen LogP contribution in [0.2, 0.25) is 5.02 Å². The van der Waals surface area contributed by atoms with Gasteiger partial charge in [0.2, 0.25) is 0 Å². The second-order valence-corrected chi connectivity index (χ2v) is 12.6. The number of esters is 2. The van der Waals surface area contributed by atoms with Crippen molar-refractivity contribution in [2.24, 2.45) is 4.99 Å². The number of thiazole rings is 1. The molecule has 0 amide bonds. The molecule has 0 saturated carbocycles. The van der Waals surface area contributed by atoms with Gasteiger partial charge in [-0.05, 0) is 96.5 Å². The number of hydrogen-bond donors (Lipinski definition) is 0. The summed E-state index contributed by atoms with van der Waals surface area (Å²) in [5.41, 5.74) is 3.06. The zero-order valence-corrected chi connectivity index (χ0v) is 29.2. The summed E-state index contributed by atoms with van der Waals surface area (Å²) in [6, 6.07) is 17.0. The molecule has 12 heteroatoms. The zero-order chi connectivity index (χ0) is 33.0. The second kappa shape index (κ2) is 14.7. The van der Waals surface area contributed by atoms with Crippen LogP contribution in [0.4, 0.5) is 0 Å². The fourth-order valence-corrected chi connectivity index (χ4v) is 7.07. The molecule has 0 bridgehead atoms. The highest BCUT2D eigenvalue weighted by Crippen LogP contribution is 2.36. The summed E-state index contributed by atoms with van der Waals surface area (Å²) >= 11 is 9.99. The van der Waals surface area contributed by atoms with Gasteiger partial charge >= 0.3 is 11.9 Å². The molecular formula is C34H30ClIN2O7S. The molecule has 0 fully saturated rings. The molecular weight excluding hydrogens is 743 g/mol. The number of allylic oxidation sites excluding steroid dienone is 1. The molecule has 4 aromatic rings. The van der Waals surface area contributed by atoms with E-state index in [4.69, 9.17) is 30.5 Å². The third-order valence-electron chi connectivity index (χ3n) is 7.11. The van der Waals surface area contributed by atoms with Crippen molar-refractivity contribution in [3.8, 4) is 11.5 Å². The van der Waals surface area contributed by atoms with E-state index in [0.717, 1.165) is 9.13 Å². The van der Waals surface area contributed by atoms with Gasteiger partial charge in [0.15, 0.2) is 16.3 Å². The normalized spacial score (nSPS) is 14.4. The summed E-state index contributed by atoms with van der Waals surface area (Å²) in [6.07, 6.45) is 1.76. The Morgan fingerprint density at radius 3 is 2.41 bits per heavy atom. The van der Waals surface area contributed by atoms with Crippen molar-refractivity contribution in [2.75, 3.05) is 20.3 Å². The Kier molecular flexibility index (Phi) is 10.6. The lowest BCUT2D eigenvalue weighted by atomic mass is 9.96. The quantitative estimate of drug-likeness (QED) is 0.148. The highest BCUT2D eigenvalue weighted by molar-refractivity contribution is 14.1. The SMILES string of the molecule is CCOC(=O)C1=C(C)N=c2s/c(=C\c3cc(I)c(OCc4ccc(C(=O)OCC)cc4)c(OC)c3)c(=O)n2[C@@H]1c1ccccc1Cl. The Morgan fingerprint density at radius 1 is 1.04 bits per heavy atom. The first kappa shape index (κ1) is 33.4. The van der Waals surface area contributed by atoms with Crippen molar-refractivity contribution < 1.29 is 28.5 Å². The molecule has 1 aliphatic rings. The van der Waals surface area contributed by atoms with Crippen molar-refractivity contribution in [1.29, 1.82) is 0 Å². The van der Waals surface area contributed by atoms with Crippen LogP contribution < -0.4 is 24.4 Å². The Balaban J connectivity index is 1.50. The summed E-state index contributed by atoms with van der Waals surface area (Å²) in [4.78, 5) is 44.1. The summed E-state index contributed by atoms with van der Waals surface area (Å²) < 4.78 is 24.9. The number of aromatic nitrogens is 1. The molecule has 46 heavy (non-hydrogen) atoms. The van der Waals surface area contributed by atoms with E-state index >= 15 is 0 Å². The highest BCUT2D eigenvalue weighted by atomic mass is 127. The van der Waals surface area contributed by atoms with Crippen molar-refractivity contribution in [3.63, 3.8) is 0 Å². The van der Waals surface area contributed by atoms with Gasteiger partial charge in [-0.15, -0.1) is 0 Å². The highest BCUT2D eigenvalue weighted by Gasteiger charge is 2.34. The van der Waals surface area contributed by atoms with E-state index in [2.05, 4.69) is 27.6 Å². The number of rotatable bonds is 10. The van der Waals surface area contributed by atoms with Crippen LogP contribution in [0.3, 0.4) is 0 Å². The topological polar surface area (TPSA) is 105 Å². The van der Waals surface area contributed by atoms with Gasteiger partial charge in [0.05, 0.1) is 45.3 Å². The predicted molar refractivity (Wildman–Crippen MR) is 184 cm³/mol. The molecule has 1 aliphatic heterocycles. The Bertz CT molecular complexity index is 2020. The molecule has 0 radical (unpaired) electrons. The number of fused-ring (bicyclic) bond motifs is 1. The summed E-state index contributed by atoms with van der Waals surface area (Å²) in [6.45, 7) is 5.96. The standard InChI is InChI=1S/C34H30ClIN2O7S/c1-5-43-32(40)22-13-11-20(12-14-22)18-45-30-25(36)15-21(16-26(30)42-4)17-27-31(39)38-29(23-9-7-8-10-24(23)35)28(33(41)44-6-2)19(3)37-34(38)46-27/h7-17,29H,5-6,18H2,1-4H3/b27-17-/t29-/m1/s1. The lowest BCUT2D eigenvalue weighted by Gasteiger charge is -2.25. The Morgan fingerprint density at radius 2 is 1.74 bits per heavy atom. The molecule has 3 aromatic carbocycles. The molecule has 0 aliphatic carbocycles. The van der Waals surface area contributed by atoms with E-state index in [-0.39, 0.29) is 30.3 Å². The van der Waals surface area contributed by atoms with Crippen molar-refractivity contribution in [2.45, 2.75) is 33.4 Å². The molecule has 0 unspecified atom stereocenters. The molecule has 0 spiro atoms. The number of carbonyl (C=O) groups is 2. The van der Waals surface area contributed by atoms with Crippen LogP contribution in [0, 0.1) is 3.57 Å². The molecule has 1 atom stereocenters. The molecule has 238 valence electrons. The maximum Gasteiger partial charge on any atom is 0.338 e. The van der Waals surface area contributed by atoms with Crippen molar-refractivity contribution >= 4 is 63.5 Å². The fourth-order valence-electron chi connectivity index (χ4n) is 5.00. The Hall–Kier alpha value is -3.94. The number of methoxy groups -OCH3 is 1. The van der Waals surface area contributed by atoms with Gasteiger partial charge < -0.3 is 18.9 Å². The average molecular weight is 773 g/mol. The zero-order valence-electron chi connectivity index (χ0n) is 25.5. The third kappa shape index (κ3) is 6.91. The van der Waals surface area contributed by atoms with E-state index in [9.17, 15) is 14.4 Å². The van der Waals surface area contributed by atoms with Gasteiger partial charge in [0.25, 0.3) is 5.56 Å². The number of carbonyl (C=O) groups excluding carboxylic acids is 2. The number of halogens is 2. The lowest BCUT2D eigenvalue weighted by molar-refractivity contribution is -0.139. The number of nitrogens with zero attached hydrogens (tertiary/aromatic N) is 2. The van der Waals surface area contributed by atoms with Gasteiger partial charge in [-0.25, -0.2) is 14.6 Å². The van der Waals surface area contributed by atoms with Crippen LogP contribution >= 0.6 is 45.5 Å². The number of ether oxygens (including phenoxy) is 4. The summed E-state index contributed by atoms with van der Waals surface area (Å²) in [5, 5.41) is 0.420. The smallest absolute Gasteiger partial charge is 0.338 e. The van der Waals surface area contributed by atoms with Crippen LogP contribution in [0.5, 0.6) is 11.5 Å². The first-order valence-electron chi connectivity index (χ1n) is 14.4. The monoisotopic (exact) mass is 772 g/mol. The van der Waals surface area contributed by atoms with Gasteiger partial charge in [0.1, 0.15) is 12.6 Å². The van der Waals surface area contributed by atoms with Crippen LogP contribution in [0.25, 0.3) is 6.08 Å². The maximum absolute atomic E-state index is 14.0. The van der Waals surface area contributed by atoms with Crippen LogP contribution in [-0.2, 0) is 20.9 Å². The van der Waals surface area contributed by atoms with Crippen molar-refractivity contribution in [1.82, 2.24) is 4.57 Å². The molecule has 9 nitrogen and oxygen atoms in total. The molecule has 0 saturated heterocycles. The lowest BCUT2D eigenvalue weighted by Crippen LogP contribution is -2.40. The third-order valence-corrected chi connectivity index (χ3v) is 9.24. The van der Waals surface area contributed by atoms with E-state index in [0.29, 0.717) is 54.8 Å². The first-order valence-corrected chi connectivity index (χ1v) is 16.6. The average Bonchev–Trinajstić information content (AvgIpc) is 3.34. The first-order chi connectivity index (χ1) is 22.2.